The molecule has 0 aliphatic carbocycles. The highest BCUT2D eigenvalue weighted by Crippen LogP contribution is 2.38. The average Bonchev–Trinajstić information content (AvgIpc) is 3.03. The number of aryl methyl sites for hydroxylation is 1. The van der Waals surface area contributed by atoms with Crippen molar-refractivity contribution in [2.24, 2.45) is 0 Å². The van der Waals surface area contributed by atoms with Crippen LogP contribution in [0.25, 0.3) is 0 Å². The summed E-state index contributed by atoms with van der Waals surface area (Å²) in [7, 11) is 1.72. The molecule has 3 aromatic rings. The molecule has 1 aliphatic rings. The van der Waals surface area contributed by atoms with Crippen molar-refractivity contribution in [1.29, 1.82) is 0 Å². The number of methoxy groups -OCH3 is 1. The van der Waals surface area contributed by atoms with Gasteiger partial charge in [0.25, 0.3) is 0 Å². The van der Waals surface area contributed by atoms with Gasteiger partial charge in [0.15, 0.2) is 11.5 Å². The summed E-state index contributed by atoms with van der Waals surface area (Å²) >= 11 is 1.88. The lowest BCUT2D eigenvalue weighted by atomic mass is 10.0. The fraction of sp³-hybridized carbons (Fsp3) is 0.360. The highest BCUT2D eigenvalue weighted by atomic mass is 32.1. The zero-order valence-electron chi connectivity index (χ0n) is 17.8. The van der Waals surface area contributed by atoms with E-state index < -0.39 is 0 Å². The first kappa shape index (κ1) is 20.9. The van der Waals surface area contributed by atoms with E-state index in [4.69, 9.17) is 9.47 Å². The van der Waals surface area contributed by atoms with Gasteiger partial charge in [0.2, 0.25) is 0 Å². The summed E-state index contributed by atoms with van der Waals surface area (Å²) in [5.41, 5.74) is 2.40. The summed E-state index contributed by atoms with van der Waals surface area (Å²) < 4.78 is 11.8. The van der Waals surface area contributed by atoms with Crippen molar-refractivity contribution in [3.63, 3.8) is 0 Å². The predicted molar refractivity (Wildman–Crippen MR) is 124 cm³/mol. The smallest absolute Gasteiger partial charge is 0.161 e. The first-order chi connectivity index (χ1) is 14.7. The number of nitrogens with zero attached hydrogens (tertiary/aromatic N) is 1. The Morgan fingerprint density at radius 3 is 2.63 bits per heavy atom. The van der Waals surface area contributed by atoms with E-state index in [0.29, 0.717) is 6.61 Å². The molecule has 1 unspecified atom stereocenters. The maximum atomic E-state index is 6.08. The van der Waals surface area contributed by atoms with E-state index in [1.807, 2.05) is 29.5 Å². The second-order valence-corrected chi connectivity index (χ2v) is 8.99. The summed E-state index contributed by atoms with van der Waals surface area (Å²) in [6.07, 6.45) is 1.16. The highest BCUT2D eigenvalue weighted by Gasteiger charge is 2.25. The van der Waals surface area contributed by atoms with Crippen molar-refractivity contribution >= 4 is 11.3 Å². The Kier molecular flexibility index (Phi) is 7.05. The Labute approximate surface area is 183 Å². The van der Waals surface area contributed by atoms with Gasteiger partial charge in [0, 0.05) is 29.4 Å². The van der Waals surface area contributed by atoms with Gasteiger partial charge in [-0.15, -0.1) is 11.3 Å². The minimum Gasteiger partial charge on any atom is -0.493 e. The second-order valence-electron chi connectivity index (χ2n) is 7.68. The van der Waals surface area contributed by atoms with Crippen molar-refractivity contribution in [2.45, 2.75) is 26.0 Å². The van der Waals surface area contributed by atoms with Crippen molar-refractivity contribution < 1.29 is 9.47 Å². The van der Waals surface area contributed by atoms with Crippen LogP contribution in [0, 0.1) is 6.92 Å². The van der Waals surface area contributed by atoms with E-state index in [0.717, 1.165) is 49.7 Å². The molecule has 0 bridgehead atoms. The molecule has 1 aliphatic heterocycles. The zero-order chi connectivity index (χ0) is 20.8. The monoisotopic (exact) mass is 422 g/mol. The Hall–Kier alpha value is -2.34. The van der Waals surface area contributed by atoms with Gasteiger partial charge in [-0.05, 0) is 55.3 Å². The molecule has 4 rings (SSSR count). The van der Waals surface area contributed by atoms with E-state index in [2.05, 4.69) is 59.6 Å². The number of ether oxygens (including phenoxy) is 2. The predicted octanol–water partition coefficient (Wildman–Crippen LogP) is 5.03. The van der Waals surface area contributed by atoms with Crippen LogP contribution in [0.1, 0.15) is 33.3 Å². The number of rotatable bonds is 7. The molecule has 5 heteroatoms. The fourth-order valence-electron chi connectivity index (χ4n) is 3.99. The largest absolute Gasteiger partial charge is 0.493 e. The Morgan fingerprint density at radius 2 is 1.87 bits per heavy atom. The Morgan fingerprint density at radius 1 is 1.00 bits per heavy atom. The number of thiophene rings is 1. The van der Waals surface area contributed by atoms with Crippen LogP contribution < -0.4 is 14.8 Å². The molecule has 0 saturated carbocycles. The second kappa shape index (κ2) is 10.1. The van der Waals surface area contributed by atoms with Gasteiger partial charge in [0.1, 0.15) is 6.61 Å². The van der Waals surface area contributed by atoms with Crippen molar-refractivity contribution in [3.05, 3.63) is 81.5 Å². The summed E-state index contributed by atoms with van der Waals surface area (Å²) in [6.45, 7) is 6.94. The van der Waals surface area contributed by atoms with Gasteiger partial charge in [-0.2, -0.15) is 0 Å². The van der Waals surface area contributed by atoms with Crippen LogP contribution in [-0.4, -0.2) is 38.2 Å². The third-order valence-electron chi connectivity index (χ3n) is 5.51. The van der Waals surface area contributed by atoms with Crippen LogP contribution in [0.4, 0.5) is 0 Å². The topological polar surface area (TPSA) is 33.7 Å². The first-order valence-corrected chi connectivity index (χ1v) is 11.4. The average molecular weight is 423 g/mol. The minimum absolute atomic E-state index is 0.237. The molecule has 1 N–H and O–H groups in total. The highest BCUT2D eigenvalue weighted by molar-refractivity contribution is 7.12. The van der Waals surface area contributed by atoms with Gasteiger partial charge in [-0.3, -0.25) is 4.90 Å². The Bertz CT molecular complexity index is 933. The zero-order valence-corrected chi connectivity index (χ0v) is 18.6. The van der Waals surface area contributed by atoms with E-state index in [1.54, 1.807) is 7.11 Å². The van der Waals surface area contributed by atoms with Crippen molar-refractivity contribution in [1.82, 2.24) is 10.2 Å². The van der Waals surface area contributed by atoms with Gasteiger partial charge >= 0.3 is 0 Å². The lowest BCUT2D eigenvalue weighted by Crippen LogP contribution is -2.32. The number of nitrogens with one attached hydrogen (secondary N) is 1. The molecule has 4 nitrogen and oxygen atoms in total. The Balaban J connectivity index is 1.61. The van der Waals surface area contributed by atoms with Crippen LogP contribution in [0.15, 0.2) is 60.7 Å². The quantitative estimate of drug-likeness (QED) is 0.579. The van der Waals surface area contributed by atoms with Gasteiger partial charge in [0.05, 0.1) is 13.2 Å². The first-order valence-electron chi connectivity index (χ1n) is 10.6. The summed E-state index contributed by atoms with van der Waals surface area (Å²) in [4.78, 5) is 5.32. The molecule has 0 radical (unpaired) electrons. The van der Waals surface area contributed by atoms with E-state index in [-0.39, 0.29) is 6.04 Å². The number of benzene rings is 2. The van der Waals surface area contributed by atoms with E-state index in [1.165, 1.54) is 15.3 Å². The summed E-state index contributed by atoms with van der Waals surface area (Å²) in [6, 6.07) is 21.4. The van der Waals surface area contributed by atoms with Gasteiger partial charge in [-0.1, -0.05) is 36.4 Å². The van der Waals surface area contributed by atoms with Crippen molar-refractivity contribution in [2.75, 3.05) is 33.3 Å². The molecule has 2 aromatic carbocycles. The summed E-state index contributed by atoms with van der Waals surface area (Å²) in [5.74, 6) is 1.57. The lowest BCUT2D eigenvalue weighted by molar-refractivity contribution is 0.242. The van der Waals surface area contributed by atoms with E-state index in [9.17, 15) is 0 Å². The van der Waals surface area contributed by atoms with Crippen LogP contribution in [-0.2, 0) is 6.61 Å². The van der Waals surface area contributed by atoms with Crippen LogP contribution in [0.2, 0.25) is 0 Å². The molecule has 30 heavy (non-hydrogen) atoms. The van der Waals surface area contributed by atoms with Crippen LogP contribution in [0.5, 0.6) is 11.5 Å². The molecular formula is C25H30N2O2S. The molecule has 2 heterocycles. The van der Waals surface area contributed by atoms with Gasteiger partial charge < -0.3 is 14.8 Å². The molecule has 1 aromatic heterocycles. The molecule has 1 fully saturated rings. The lowest BCUT2D eigenvalue weighted by Gasteiger charge is -2.30. The van der Waals surface area contributed by atoms with Crippen molar-refractivity contribution in [3.8, 4) is 11.5 Å². The third-order valence-corrected chi connectivity index (χ3v) is 6.56. The standard InChI is InChI=1S/C25H30N2O2S/c1-19-9-12-24(30-19)25(27-15-6-13-26-14-16-27)21-10-11-22(23(17-21)28-2)29-18-20-7-4-3-5-8-20/h3-5,7-12,17,25-26H,6,13-16,18H2,1-2H3. The SMILES string of the molecule is COc1cc(C(c2ccc(C)s2)N2CCCNCC2)ccc1OCc1ccccc1. The molecule has 0 amide bonds. The number of hydrogen-bond donors (Lipinski definition) is 1. The van der Waals surface area contributed by atoms with Crippen LogP contribution in [0.3, 0.4) is 0 Å². The normalized spacial score (nSPS) is 16.1. The van der Waals surface area contributed by atoms with Gasteiger partial charge in [-0.25, -0.2) is 0 Å². The molecule has 1 atom stereocenters. The molecule has 158 valence electrons. The summed E-state index contributed by atoms with van der Waals surface area (Å²) in [5, 5.41) is 3.52. The fourth-order valence-corrected chi connectivity index (χ4v) is 5.03. The van der Waals surface area contributed by atoms with Crippen LogP contribution >= 0.6 is 11.3 Å². The third kappa shape index (κ3) is 5.04. The number of hydrogen-bond acceptors (Lipinski definition) is 5. The maximum absolute atomic E-state index is 6.08. The molecule has 1 saturated heterocycles. The molecular weight excluding hydrogens is 392 g/mol. The maximum Gasteiger partial charge on any atom is 0.161 e. The minimum atomic E-state index is 0.237. The van der Waals surface area contributed by atoms with E-state index >= 15 is 0 Å². The molecule has 0 spiro atoms.